The number of carbonyl (C=O) groups is 2. The molecule has 0 spiro atoms. The molecule has 1 heterocycles. The number of anilines is 1. The van der Waals surface area contributed by atoms with Crippen molar-refractivity contribution in [3.8, 4) is 0 Å². The second-order valence-electron chi connectivity index (χ2n) is 8.58. The Morgan fingerprint density at radius 1 is 1.19 bits per heavy atom. The van der Waals surface area contributed by atoms with Crippen molar-refractivity contribution in [2.45, 2.75) is 51.9 Å². The topological polar surface area (TPSA) is 90.9 Å². The first-order chi connectivity index (χ1) is 14.8. The third-order valence-corrected chi connectivity index (χ3v) is 8.08. The molecular formula is C23H30N4O3S. The summed E-state index contributed by atoms with van der Waals surface area (Å²) in [6, 6.07) is 1.62. The molecule has 31 heavy (non-hydrogen) atoms. The summed E-state index contributed by atoms with van der Waals surface area (Å²) in [5.74, 6) is -0.449. The zero-order valence-electron chi connectivity index (χ0n) is 18.4. The van der Waals surface area contributed by atoms with Crippen LogP contribution in [0, 0.1) is 0 Å². The summed E-state index contributed by atoms with van der Waals surface area (Å²) in [7, 11) is 0.548. The van der Waals surface area contributed by atoms with Gasteiger partial charge < -0.3 is 10.2 Å². The van der Waals surface area contributed by atoms with Crippen LogP contribution in [-0.4, -0.2) is 41.7 Å². The average Bonchev–Trinajstić information content (AvgIpc) is 3.39. The number of fused-ring (bicyclic) bond motifs is 2. The van der Waals surface area contributed by atoms with Gasteiger partial charge in [0, 0.05) is 12.2 Å². The Morgan fingerprint density at radius 2 is 1.84 bits per heavy atom. The summed E-state index contributed by atoms with van der Waals surface area (Å²) in [5, 5.41) is 2.94. The summed E-state index contributed by atoms with van der Waals surface area (Å²) >= 11 is 0. The summed E-state index contributed by atoms with van der Waals surface area (Å²) in [6.45, 7) is 2.47. The Balaban J connectivity index is 1.63. The van der Waals surface area contributed by atoms with E-state index in [0.29, 0.717) is 12.0 Å². The fourth-order valence-corrected chi connectivity index (χ4v) is 6.45. The zero-order chi connectivity index (χ0) is 22.2. The smallest absolute Gasteiger partial charge is 0.309 e. The number of aryl methyl sites for hydroxylation is 2. The summed E-state index contributed by atoms with van der Waals surface area (Å²) in [4.78, 5) is 27.7. The van der Waals surface area contributed by atoms with Crippen molar-refractivity contribution in [2.24, 2.45) is 4.36 Å². The molecule has 1 saturated heterocycles. The highest BCUT2D eigenvalue weighted by Crippen LogP contribution is 2.38. The van der Waals surface area contributed by atoms with Crippen LogP contribution in [0.25, 0.3) is 0 Å². The maximum absolute atomic E-state index is 13.5. The lowest BCUT2D eigenvalue weighted by molar-refractivity contribution is -0.115. The van der Waals surface area contributed by atoms with E-state index in [9.17, 15) is 13.8 Å². The van der Waals surface area contributed by atoms with Crippen LogP contribution in [0.4, 0.5) is 10.5 Å². The van der Waals surface area contributed by atoms with Crippen LogP contribution in [0.1, 0.15) is 48.4 Å². The summed E-state index contributed by atoms with van der Waals surface area (Å²) in [5.41, 5.74) is 6.17. The molecule has 1 unspecified atom stereocenters. The van der Waals surface area contributed by atoms with Crippen LogP contribution in [0.3, 0.4) is 0 Å². The van der Waals surface area contributed by atoms with Gasteiger partial charge in [-0.3, -0.25) is 9.52 Å². The lowest BCUT2D eigenvalue weighted by atomic mass is 9.99. The molecule has 3 amide bonds. The molecule has 3 aliphatic rings. The number of carbonyl (C=O) groups excluding carboxylic acids is 2. The second kappa shape index (κ2) is 8.59. The third kappa shape index (κ3) is 4.19. The largest absolute Gasteiger partial charge is 0.355 e. The average molecular weight is 443 g/mol. The predicted molar refractivity (Wildman–Crippen MR) is 123 cm³/mol. The zero-order valence-corrected chi connectivity index (χ0v) is 19.2. The minimum absolute atomic E-state index is 0.287. The number of benzene rings is 1. The molecule has 1 aromatic rings. The Labute approximate surface area is 184 Å². The molecule has 0 bridgehead atoms. The number of allylic oxidation sites excluding steroid dienone is 1. The van der Waals surface area contributed by atoms with Gasteiger partial charge in [0.05, 0.1) is 10.5 Å². The molecule has 2 N–H and O–H groups in total. The Hall–Kier alpha value is -2.45. The van der Waals surface area contributed by atoms with E-state index in [1.165, 1.54) is 22.3 Å². The number of urea groups is 1. The van der Waals surface area contributed by atoms with Gasteiger partial charge in [-0.1, -0.05) is 18.2 Å². The number of nitrogens with one attached hydrogen (secondary N) is 2. The maximum atomic E-state index is 13.5. The molecule has 1 aliphatic heterocycles. The van der Waals surface area contributed by atoms with E-state index in [2.05, 4.69) is 20.5 Å². The fourth-order valence-electron chi connectivity index (χ4n) is 4.76. The van der Waals surface area contributed by atoms with Gasteiger partial charge in [0.15, 0.2) is 9.92 Å². The van der Waals surface area contributed by atoms with Gasteiger partial charge in [-0.2, -0.15) is 0 Å². The van der Waals surface area contributed by atoms with E-state index >= 15 is 0 Å². The minimum Gasteiger partial charge on any atom is -0.309 e. The lowest BCUT2D eigenvalue weighted by Gasteiger charge is -2.15. The Bertz CT molecular complexity index is 1090. The van der Waals surface area contributed by atoms with Gasteiger partial charge in [0.2, 0.25) is 0 Å². The van der Waals surface area contributed by atoms with Crippen molar-refractivity contribution >= 4 is 27.5 Å². The number of hydrogen-bond donors (Lipinski definition) is 2. The van der Waals surface area contributed by atoms with Gasteiger partial charge >= 0.3 is 6.03 Å². The van der Waals surface area contributed by atoms with E-state index in [0.717, 1.165) is 50.8 Å². The van der Waals surface area contributed by atoms with Gasteiger partial charge in [-0.15, -0.1) is 4.36 Å². The van der Waals surface area contributed by atoms with Crippen molar-refractivity contribution in [1.82, 2.24) is 9.62 Å². The summed E-state index contributed by atoms with van der Waals surface area (Å²) < 4.78 is 19.9. The first-order valence-electron chi connectivity index (χ1n) is 10.9. The highest BCUT2D eigenvalue weighted by atomic mass is 32.2. The molecule has 166 valence electrons. The normalized spacial score (nSPS) is 24.6. The SMILES string of the molecule is CC=C1/C(=C\CCN(C)C)C(=O)NS1(=O)=NC(=O)Nc1c2c(cc3c1CCC3)CCC2. The highest BCUT2D eigenvalue weighted by Gasteiger charge is 2.35. The van der Waals surface area contributed by atoms with Crippen LogP contribution in [0.2, 0.25) is 0 Å². The molecular weight excluding hydrogens is 412 g/mol. The second-order valence-corrected chi connectivity index (χ2v) is 10.5. The van der Waals surface area contributed by atoms with Gasteiger partial charge in [0.25, 0.3) is 5.91 Å². The summed E-state index contributed by atoms with van der Waals surface area (Å²) in [6.07, 6.45) is 10.1. The van der Waals surface area contributed by atoms with Gasteiger partial charge in [-0.05, 0) is 88.2 Å². The van der Waals surface area contributed by atoms with Crippen molar-refractivity contribution in [2.75, 3.05) is 26.0 Å². The van der Waals surface area contributed by atoms with Crippen LogP contribution in [0.5, 0.6) is 0 Å². The maximum Gasteiger partial charge on any atom is 0.355 e. The van der Waals surface area contributed by atoms with E-state index in [-0.39, 0.29) is 4.91 Å². The Kier molecular flexibility index (Phi) is 6.03. The third-order valence-electron chi connectivity index (χ3n) is 6.14. The number of amides is 3. The molecule has 7 nitrogen and oxygen atoms in total. The molecule has 1 aromatic carbocycles. The molecule has 4 rings (SSSR count). The van der Waals surface area contributed by atoms with Crippen molar-refractivity contribution in [3.63, 3.8) is 0 Å². The molecule has 1 atom stereocenters. The molecule has 1 fully saturated rings. The quantitative estimate of drug-likeness (QED) is 0.699. The fraction of sp³-hybridized carbons (Fsp3) is 0.478. The van der Waals surface area contributed by atoms with Gasteiger partial charge in [0.1, 0.15) is 0 Å². The van der Waals surface area contributed by atoms with Crippen molar-refractivity contribution in [3.05, 3.63) is 51.0 Å². The first kappa shape index (κ1) is 21.8. The Morgan fingerprint density at radius 3 is 2.42 bits per heavy atom. The van der Waals surface area contributed by atoms with Crippen molar-refractivity contribution in [1.29, 1.82) is 0 Å². The monoisotopic (exact) mass is 442 g/mol. The number of hydrogen-bond acceptors (Lipinski definition) is 4. The van der Waals surface area contributed by atoms with Crippen LogP contribution in [0.15, 0.2) is 33.1 Å². The van der Waals surface area contributed by atoms with E-state index < -0.39 is 21.9 Å². The van der Waals surface area contributed by atoms with Crippen molar-refractivity contribution < 1.29 is 13.8 Å². The van der Waals surface area contributed by atoms with Crippen LogP contribution in [-0.2, 0) is 40.4 Å². The molecule has 8 heteroatoms. The highest BCUT2D eigenvalue weighted by molar-refractivity contribution is 7.97. The van der Waals surface area contributed by atoms with E-state index in [4.69, 9.17) is 0 Å². The van der Waals surface area contributed by atoms with E-state index in [1.54, 1.807) is 19.1 Å². The standard InChI is InChI=1S/C23H30N4O3S/c1-4-20-19(12-7-13-27(2)3)22(28)25-31(20,30)26-23(29)24-21-17-10-5-8-15(17)14-16-9-6-11-18(16)21/h4,12,14H,5-11,13H2,1-3H3,(H2,24,25,26,28,29,30)/b19-12+,20-4?. The minimum atomic E-state index is -3.35. The molecule has 0 aromatic heterocycles. The lowest BCUT2D eigenvalue weighted by Crippen LogP contribution is -2.23. The molecule has 0 saturated carbocycles. The molecule has 0 radical (unpaired) electrons. The van der Waals surface area contributed by atoms with Crippen LogP contribution >= 0.6 is 0 Å². The first-order valence-corrected chi connectivity index (χ1v) is 12.4. The predicted octanol–water partition coefficient (Wildman–Crippen LogP) is 3.49. The van der Waals surface area contributed by atoms with E-state index in [1.807, 2.05) is 19.0 Å². The van der Waals surface area contributed by atoms with Gasteiger partial charge in [-0.25, -0.2) is 9.00 Å². The molecule has 2 aliphatic carbocycles. The van der Waals surface area contributed by atoms with Crippen LogP contribution < -0.4 is 10.0 Å². The number of rotatable bonds is 4. The number of nitrogens with zero attached hydrogens (tertiary/aromatic N) is 2.